The maximum Gasteiger partial charge on any atom is 0.241 e. The highest BCUT2D eigenvalue weighted by Crippen LogP contribution is 2.17. The lowest BCUT2D eigenvalue weighted by Crippen LogP contribution is -2.49. The number of rotatable bonds is 6. The predicted molar refractivity (Wildman–Crippen MR) is 104 cm³/mol. The lowest BCUT2D eigenvalue weighted by Gasteiger charge is -2.30. The molecule has 0 aromatic heterocycles. The summed E-state index contributed by atoms with van der Waals surface area (Å²) in [6, 6.07) is 6.01. The Labute approximate surface area is 158 Å². The number of hydrogen-bond acceptors (Lipinski definition) is 3. The topological polar surface area (TPSA) is 66.5 Å². The van der Waals surface area contributed by atoms with Gasteiger partial charge in [-0.2, -0.15) is 4.72 Å². The molecule has 0 bridgehead atoms. The first-order valence-electron chi connectivity index (χ1n) is 9.67. The molecule has 1 heterocycles. The molecule has 1 amide bonds. The number of amides is 1. The number of hydrogen-bond donors (Lipinski definition) is 1. The van der Waals surface area contributed by atoms with Crippen molar-refractivity contribution in [2.24, 2.45) is 5.92 Å². The number of benzene rings is 1. The van der Waals surface area contributed by atoms with E-state index in [4.69, 9.17) is 0 Å². The van der Waals surface area contributed by atoms with E-state index in [1.54, 1.807) is 24.3 Å². The van der Waals surface area contributed by atoms with Crippen LogP contribution < -0.4 is 4.72 Å². The van der Waals surface area contributed by atoms with Crippen molar-refractivity contribution in [1.29, 1.82) is 0 Å². The van der Waals surface area contributed by atoms with Crippen molar-refractivity contribution in [1.82, 2.24) is 9.62 Å². The maximum atomic E-state index is 13.1. The van der Waals surface area contributed by atoms with Gasteiger partial charge in [-0.25, -0.2) is 8.42 Å². The van der Waals surface area contributed by atoms with Gasteiger partial charge < -0.3 is 4.90 Å². The van der Waals surface area contributed by atoms with E-state index in [9.17, 15) is 13.2 Å². The van der Waals surface area contributed by atoms with E-state index in [-0.39, 0.29) is 16.7 Å². The Kier molecular flexibility index (Phi) is 7.65. The van der Waals surface area contributed by atoms with Crippen molar-refractivity contribution in [3.63, 3.8) is 0 Å². The number of carbonyl (C=O) groups is 1. The van der Waals surface area contributed by atoms with Crippen molar-refractivity contribution in [2.75, 3.05) is 13.1 Å². The monoisotopic (exact) mass is 380 g/mol. The summed E-state index contributed by atoms with van der Waals surface area (Å²) in [6.45, 7) is 7.37. The fourth-order valence-corrected chi connectivity index (χ4v) is 4.53. The summed E-state index contributed by atoms with van der Waals surface area (Å²) >= 11 is 0. The summed E-state index contributed by atoms with van der Waals surface area (Å²) in [5, 5.41) is 0. The highest BCUT2D eigenvalue weighted by atomic mass is 32.2. The maximum absolute atomic E-state index is 13.1. The Balaban J connectivity index is 2.17. The van der Waals surface area contributed by atoms with Gasteiger partial charge in [-0.15, -0.1) is 0 Å². The van der Waals surface area contributed by atoms with Crippen LogP contribution in [0.25, 0.3) is 0 Å². The highest BCUT2D eigenvalue weighted by molar-refractivity contribution is 7.89. The molecule has 0 radical (unpaired) electrons. The molecule has 1 aromatic rings. The van der Waals surface area contributed by atoms with E-state index in [2.05, 4.69) is 4.72 Å². The van der Waals surface area contributed by atoms with Gasteiger partial charge in [0, 0.05) is 13.1 Å². The van der Waals surface area contributed by atoms with Crippen molar-refractivity contribution < 1.29 is 13.2 Å². The van der Waals surface area contributed by atoms with Crippen molar-refractivity contribution >= 4 is 15.9 Å². The second kappa shape index (κ2) is 9.51. The van der Waals surface area contributed by atoms with Crippen LogP contribution in [0.5, 0.6) is 0 Å². The first-order valence-corrected chi connectivity index (χ1v) is 11.2. The summed E-state index contributed by atoms with van der Waals surface area (Å²) in [5.41, 5.74) is 0.999. The summed E-state index contributed by atoms with van der Waals surface area (Å²) in [4.78, 5) is 15.1. The summed E-state index contributed by atoms with van der Waals surface area (Å²) in [6.07, 6.45) is 5.97. The zero-order chi connectivity index (χ0) is 19.2. The average molecular weight is 381 g/mol. The Bertz CT molecular complexity index is 676. The van der Waals surface area contributed by atoms with Gasteiger partial charge in [0.25, 0.3) is 0 Å². The third-order valence-corrected chi connectivity index (χ3v) is 6.29. The van der Waals surface area contributed by atoms with Crippen LogP contribution in [0.2, 0.25) is 0 Å². The lowest BCUT2D eigenvalue weighted by molar-refractivity contribution is -0.133. The molecule has 1 fully saturated rings. The second-order valence-electron chi connectivity index (χ2n) is 7.71. The number of aryl methyl sites for hydroxylation is 1. The van der Waals surface area contributed by atoms with Gasteiger partial charge in [-0.1, -0.05) is 50.8 Å². The molecule has 0 aliphatic carbocycles. The Morgan fingerprint density at radius 3 is 2.12 bits per heavy atom. The van der Waals surface area contributed by atoms with Gasteiger partial charge in [0.15, 0.2) is 0 Å². The van der Waals surface area contributed by atoms with Gasteiger partial charge in [-0.05, 0) is 44.2 Å². The average Bonchev–Trinajstić information content (AvgIpc) is 2.53. The fraction of sp³-hybridized carbons (Fsp3) is 0.650. The fourth-order valence-electron chi connectivity index (χ4n) is 3.33. The first kappa shape index (κ1) is 20.9. The zero-order valence-electron chi connectivity index (χ0n) is 16.2. The molecule has 1 aromatic carbocycles. The van der Waals surface area contributed by atoms with Crippen LogP contribution >= 0.6 is 0 Å². The minimum atomic E-state index is -3.72. The molecule has 1 atom stereocenters. The van der Waals surface area contributed by atoms with Crippen LogP contribution in [0, 0.1) is 12.8 Å². The SMILES string of the molecule is Cc1ccc(S(=O)(=O)N[C@@H](CC(C)C)C(=O)N2CCCCCCC2)cc1. The smallest absolute Gasteiger partial charge is 0.241 e. The molecule has 146 valence electrons. The van der Waals surface area contributed by atoms with Crippen LogP contribution in [-0.4, -0.2) is 38.4 Å². The Morgan fingerprint density at radius 1 is 1.04 bits per heavy atom. The molecular formula is C20H32N2O3S. The number of nitrogens with zero attached hydrogens (tertiary/aromatic N) is 1. The van der Waals surface area contributed by atoms with E-state index in [0.29, 0.717) is 6.42 Å². The van der Waals surface area contributed by atoms with E-state index < -0.39 is 16.1 Å². The van der Waals surface area contributed by atoms with Gasteiger partial charge in [0.1, 0.15) is 6.04 Å². The first-order chi connectivity index (χ1) is 12.3. The molecule has 1 saturated heterocycles. The third kappa shape index (κ3) is 6.09. The van der Waals surface area contributed by atoms with Crippen LogP contribution in [0.15, 0.2) is 29.2 Å². The summed E-state index contributed by atoms with van der Waals surface area (Å²) in [5.74, 6) is 0.135. The minimum absolute atomic E-state index is 0.0868. The second-order valence-corrected chi connectivity index (χ2v) is 9.42. The standard InChI is InChI=1S/C20H32N2O3S/c1-16(2)15-19(20(23)22-13-7-5-4-6-8-14-22)21-26(24,25)18-11-9-17(3)10-12-18/h9-12,16,19,21H,4-8,13-15H2,1-3H3/t19-/m0/s1. The third-order valence-electron chi connectivity index (χ3n) is 4.80. The van der Waals surface area contributed by atoms with Crippen LogP contribution in [0.3, 0.4) is 0 Å². The number of nitrogens with one attached hydrogen (secondary N) is 1. The highest BCUT2D eigenvalue weighted by Gasteiger charge is 2.30. The molecule has 0 spiro atoms. The van der Waals surface area contributed by atoms with E-state index in [1.165, 1.54) is 6.42 Å². The molecule has 6 heteroatoms. The van der Waals surface area contributed by atoms with Gasteiger partial charge in [0.05, 0.1) is 4.90 Å². The molecule has 1 aliphatic rings. The van der Waals surface area contributed by atoms with Crippen LogP contribution in [0.4, 0.5) is 0 Å². The molecule has 0 saturated carbocycles. The Morgan fingerprint density at radius 2 is 1.58 bits per heavy atom. The lowest BCUT2D eigenvalue weighted by atomic mass is 10.0. The van der Waals surface area contributed by atoms with Crippen LogP contribution in [0.1, 0.15) is 57.9 Å². The number of carbonyl (C=O) groups excluding carboxylic acids is 1. The van der Waals surface area contributed by atoms with Crippen molar-refractivity contribution in [3.05, 3.63) is 29.8 Å². The minimum Gasteiger partial charge on any atom is -0.341 e. The largest absolute Gasteiger partial charge is 0.341 e. The molecule has 26 heavy (non-hydrogen) atoms. The number of likely N-dealkylation sites (tertiary alicyclic amines) is 1. The van der Waals surface area contributed by atoms with Gasteiger partial charge >= 0.3 is 0 Å². The van der Waals surface area contributed by atoms with Crippen molar-refractivity contribution in [2.45, 2.75) is 70.2 Å². The van der Waals surface area contributed by atoms with E-state index >= 15 is 0 Å². The predicted octanol–water partition coefficient (Wildman–Crippen LogP) is 3.48. The summed E-state index contributed by atoms with van der Waals surface area (Å²) in [7, 11) is -3.72. The molecule has 0 unspecified atom stereocenters. The molecule has 5 nitrogen and oxygen atoms in total. The summed E-state index contributed by atoms with van der Waals surface area (Å²) < 4.78 is 28.2. The normalized spacial score (nSPS) is 17.6. The van der Waals surface area contributed by atoms with Crippen LogP contribution in [-0.2, 0) is 14.8 Å². The quantitative estimate of drug-likeness (QED) is 0.822. The van der Waals surface area contributed by atoms with E-state index in [1.807, 2.05) is 25.7 Å². The molecule has 2 rings (SSSR count). The zero-order valence-corrected chi connectivity index (χ0v) is 17.0. The Hall–Kier alpha value is -1.40. The number of sulfonamides is 1. The molecular weight excluding hydrogens is 348 g/mol. The van der Waals surface area contributed by atoms with Gasteiger partial charge in [0.2, 0.25) is 15.9 Å². The van der Waals surface area contributed by atoms with Gasteiger partial charge in [-0.3, -0.25) is 4.79 Å². The van der Waals surface area contributed by atoms with Crippen molar-refractivity contribution in [3.8, 4) is 0 Å². The van der Waals surface area contributed by atoms with E-state index in [0.717, 1.165) is 44.3 Å². The molecule has 1 aliphatic heterocycles. The molecule has 1 N–H and O–H groups in total.